The molecule has 2 atom stereocenters. The summed E-state index contributed by atoms with van der Waals surface area (Å²) in [6.07, 6.45) is -5.30. The first-order valence-corrected chi connectivity index (χ1v) is 9.94. The zero-order valence-corrected chi connectivity index (χ0v) is 17.7. The average Bonchev–Trinajstić information content (AvgIpc) is 2.70. The molecule has 0 aromatic heterocycles. The summed E-state index contributed by atoms with van der Waals surface area (Å²) in [7, 11) is 0. The van der Waals surface area contributed by atoms with Crippen molar-refractivity contribution in [1.82, 2.24) is 0 Å². The number of alkyl halides is 3. The van der Waals surface area contributed by atoms with Gasteiger partial charge in [-0.25, -0.2) is 4.79 Å². The third kappa shape index (κ3) is 8.49. The lowest BCUT2D eigenvalue weighted by Crippen LogP contribution is -2.29. The van der Waals surface area contributed by atoms with Gasteiger partial charge in [0.05, 0.1) is 24.9 Å². The van der Waals surface area contributed by atoms with Crippen LogP contribution in [-0.2, 0) is 22.1 Å². The minimum absolute atomic E-state index is 0.0259. The first-order valence-electron chi connectivity index (χ1n) is 9.94. The van der Waals surface area contributed by atoms with E-state index in [-0.39, 0.29) is 25.0 Å². The van der Waals surface area contributed by atoms with Crippen LogP contribution in [0.1, 0.15) is 31.9 Å². The van der Waals surface area contributed by atoms with Crippen LogP contribution in [0, 0.1) is 5.92 Å². The van der Waals surface area contributed by atoms with Gasteiger partial charge in [-0.2, -0.15) is 13.2 Å². The van der Waals surface area contributed by atoms with Crippen LogP contribution >= 0.6 is 0 Å². The topological polar surface area (TPSA) is 65.0 Å². The second-order valence-corrected chi connectivity index (χ2v) is 7.61. The van der Waals surface area contributed by atoms with Gasteiger partial charge < -0.3 is 19.3 Å². The van der Waals surface area contributed by atoms with E-state index in [9.17, 15) is 23.1 Å². The lowest BCUT2D eigenvalue weighted by molar-refractivity contribution is -0.153. The van der Waals surface area contributed by atoms with Crippen molar-refractivity contribution in [3.05, 3.63) is 59.7 Å². The number of halogens is 3. The minimum Gasteiger partial charge on any atom is -0.493 e. The molecular formula is C23H27F3O5. The Balaban J connectivity index is 1.84. The van der Waals surface area contributed by atoms with Crippen LogP contribution in [-0.4, -0.2) is 36.5 Å². The van der Waals surface area contributed by atoms with Gasteiger partial charge in [-0.15, -0.1) is 0 Å². The molecule has 2 unspecified atom stereocenters. The minimum atomic E-state index is -4.38. The number of hydrogen-bond acceptors (Lipinski definition) is 4. The second kappa shape index (κ2) is 11.0. The van der Waals surface area contributed by atoms with Crippen molar-refractivity contribution >= 4 is 5.97 Å². The zero-order valence-electron chi connectivity index (χ0n) is 17.7. The molecule has 2 aromatic rings. The maximum atomic E-state index is 12.6. The second-order valence-electron chi connectivity index (χ2n) is 7.61. The van der Waals surface area contributed by atoms with Gasteiger partial charge in [-0.3, -0.25) is 0 Å². The summed E-state index contributed by atoms with van der Waals surface area (Å²) in [6, 6.07) is 11.7. The van der Waals surface area contributed by atoms with Gasteiger partial charge in [0.1, 0.15) is 11.5 Å². The van der Waals surface area contributed by atoms with E-state index in [0.717, 1.165) is 17.7 Å². The molecule has 2 aromatic carbocycles. The highest BCUT2D eigenvalue weighted by Crippen LogP contribution is 2.30. The number of carboxylic acid groups (broad SMARTS) is 1. The van der Waals surface area contributed by atoms with Gasteiger partial charge in [0.2, 0.25) is 0 Å². The molecule has 0 aliphatic rings. The third-order valence-electron chi connectivity index (χ3n) is 4.28. The largest absolute Gasteiger partial charge is 0.493 e. The standard InChI is InChI=1S/C23H27F3O5/c1-15(2)31-21(22(27)28)12-17-5-4-6-20(11-17)30-14-16(3)13-29-19-9-7-18(8-10-19)23(24,25)26/h4-11,15-16,21H,12-14H2,1-3H3,(H,27,28). The summed E-state index contributed by atoms with van der Waals surface area (Å²) in [5.74, 6) is -0.102. The van der Waals surface area contributed by atoms with Crippen LogP contribution in [0.3, 0.4) is 0 Å². The molecule has 0 aliphatic carbocycles. The van der Waals surface area contributed by atoms with Gasteiger partial charge in [0.25, 0.3) is 0 Å². The first kappa shape index (κ1) is 24.5. The van der Waals surface area contributed by atoms with Crippen LogP contribution in [0.5, 0.6) is 11.5 Å². The Morgan fingerprint density at radius 2 is 1.58 bits per heavy atom. The lowest BCUT2D eigenvalue weighted by Gasteiger charge is -2.17. The Kier molecular flexibility index (Phi) is 8.74. The molecule has 1 N–H and O–H groups in total. The fourth-order valence-electron chi connectivity index (χ4n) is 2.76. The average molecular weight is 440 g/mol. The summed E-state index contributed by atoms with van der Waals surface area (Å²) < 4.78 is 54.5. The van der Waals surface area contributed by atoms with Crippen molar-refractivity contribution in [2.24, 2.45) is 5.92 Å². The fraction of sp³-hybridized carbons (Fsp3) is 0.435. The summed E-state index contributed by atoms with van der Waals surface area (Å²) >= 11 is 0. The Hall–Kier alpha value is -2.74. The zero-order chi connectivity index (χ0) is 23.0. The van der Waals surface area contributed by atoms with Crippen LogP contribution in [0.2, 0.25) is 0 Å². The van der Waals surface area contributed by atoms with Gasteiger partial charge in [-0.05, 0) is 55.8 Å². The molecule has 0 heterocycles. The molecule has 5 nitrogen and oxygen atoms in total. The maximum absolute atomic E-state index is 12.6. The van der Waals surface area contributed by atoms with Crippen LogP contribution in [0.15, 0.2) is 48.5 Å². The molecule has 0 spiro atoms. The monoisotopic (exact) mass is 440 g/mol. The third-order valence-corrected chi connectivity index (χ3v) is 4.28. The van der Waals surface area contributed by atoms with Crippen LogP contribution in [0.25, 0.3) is 0 Å². The van der Waals surface area contributed by atoms with E-state index in [1.165, 1.54) is 12.1 Å². The highest BCUT2D eigenvalue weighted by atomic mass is 19.4. The molecular weight excluding hydrogens is 413 g/mol. The Bertz CT molecular complexity index is 834. The van der Waals surface area contributed by atoms with Gasteiger partial charge in [0.15, 0.2) is 6.10 Å². The van der Waals surface area contributed by atoms with Gasteiger partial charge >= 0.3 is 12.1 Å². The fourth-order valence-corrected chi connectivity index (χ4v) is 2.76. The predicted molar refractivity (Wildman–Crippen MR) is 109 cm³/mol. The molecule has 0 bridgehead atoms. The smallest absolute Gasteiger partial charge is 0.416 e. The molecule has 0 saturated carbocycles. The Morgan fingerprint density at radius 3 is 2.13 bits per heavy atom. The van der Waals surface area contributed by atoms with Crippen LogP contribution < -0.4 is 9.47 Å². The lowest BCUT2D eigenvalue weighted by atomic mass is 10.1. The number of rotatable bonds is 11. The normalized spacial score (nSPS) is 13.6. The summed E-state index contributed by atoms with van der Waals surface area (Å²) in [4.78, 5) is 11.4. The highest BCUT2D eigenvalue weighted by molar-refractivity contribution is 5.72. The molecule has 31 heavy (non-hydrogen) atoms. The van der Waals surface area contributed by atoms with Gasteiger partial charge in [-0.1, -0.05) is 19.1 Å². The van der Waals surface area contributed by atoms with Crippen molar-refractivity contribution in [2.45, 2.75) is 45.6 Å². The molecule has 8 heteroatoms. The van der Waals surface area contributed by atoms with Crippen molar-refractivity contribution in [2.75, 3.05) is 13.2 Å². The molecule has 0 aliphatic heterocycles. The number of hydrogen-bond donors (Lipinski definition) is 1. The summed E-state index contributed by atoms with van der Waals surface area (Å²) in [6.45, 7) is 6.06. The molecule has 2 rings (SSSR count). The van der Waals surface area contributed by atoms with E-state index in [0.29, 0.717) is 18.1 Å². The number of aliphatic carboxylic acids is 1. The van der Waals surface area contributed by atoms with E-state index in [2.05, 4.69) is 0 Å². The number of benzene rings is 2. The summed E-state index contributed by atoms with van der Waals surface area (Å²) in [5, 5.41) is 9.31. The number of carbonyl (C=O) groups is 1. The molecule has 0 saturated heterocycles. The van der Waals surface area contributed by atoms with E-state index >= 15 is 0 Å². The van der Waals surface area contributed by atoms with E-state index in [4.69, 9.17) is 14.2 Å². The first-order chi connectivity index (χ1) is 14.5. The maximum Gasteiger partial charge on any atom is 0.416 e. The van der Waals surface area contributed by atoms with Crippen molar-refractivity contribution in [3.63, 3.8) is 0 Å². The predicted octanol–water partition coefficient (Wildman–Crippen LogP) is 5.22. The Morgan fingerprint density at radius 1 is 0.968 bits per heavy atom. The van der Waals surface area contributed by atoms with Gasteiger partial charge in [0, 0.05) is 12.3 Å². The number of carboxylic acids is 1. The van der Waals surface area contributed by atoms with E-state index < -0.39 is 23.8 Å². The molecule has 170 valence electrons. The van der Waals surface area contributed by atoms with Crippen molar-refractivity contribution in [1.29, 1.82) is 0 Å². The van der Waals surface area contributed by atoms with E-state index in [1.807, 2.05) is 13.0 Å². The number of ether oxygens (including phenoxy) is 3. The SMILES string of the molecule is CC(COc1ccc(C(F)(F)F)cc1)COc1cccc(CC(OC(C)C)C(=O)O)c1. The van der Waals surface area contributed by atoms with Crippen molar-refractivity contribution < 1.29 is 37.3 Å². The van der Waals surface area contributed by atoms with Crippen LogP contribution in [0.4, 0.5) is 13.2 Å². The highest BCUT2D eigenvalue weighted by Gasteiger charge is 2.30. The Labute approximate surface area is 179 Å². The molecule has 0 radical (unpaired) electrons. The summed E-state index contributed by atoms with van der Waals surface area (Å²) in [5.41, 5.74) is 0.0549. The molecule has 0 amide bonds. The quantitative estimate of drug-likeness (QED) is 0.519. The van der Waals surface area contributed by atoms with E-state index in [1.54, 1.807) is 32.0 Å². The molecule has 0 fully saturated rings. The van der Waals surface area contributed by atoms with Crippen molar-refractivity contribution in [3.8, 4) is 11.5 Å².